The van der Waals surface area contributed by atoms with Gasteiger partial charge in [0.25, 0.3) is 0 Å². The Labute approximate surface area is 155 Å². The van der Waals surface area contributed by atoms with Crippen molar-refractivity contribution in [3.05, 3.63) is 56.8 Å². The van der Waals surface area contributed by atoms with Crippen molar-refractivity contribution in [3.8, 4) is 0 Å². The minimum Gasteiger partial charge on any atom is -0.168 e. The summed E-state index contributed by atoms with van der Waals surface area (Å²) in [7, 11) is 3.84. The zero-order valence-electron chi connectivity index (χ0n) is 12.6. The first-order chi connectivity index (χ1) is 8.71. The fourth-order valence-electron chi connectivity index (χ4n) is 1.07. The van der Waals surface area contributed by atoms with Gasteiger partial charge in [-0.25, -0.2) is 0 Å². The molecule has 7 heteroatoms. The van der Waals surface area contributed by atoms with Gasteiger partial charge >= 0.3 is 28.8 Å². The molecule has 0 heterocycles. The molecule has 0 bridgehead atoms. The second-order valence-corrected chi connectivity index (χ2v) is 5.14. The van der Waals surface area contributed by atoms with Crippen molar-refractivity contribution in [1.82, 2.24) is 0 Å². The van der Waals surface area contributed by atoms with Gasteiger partial charge in [-0.2, -0.15) is 17.5 Å². The maximum Gasteiger partial charge on any atom is -0.0809 e. The van der Waals surface area contributed by atoms with Gasteiger partial charge in [0.15, 0.2) is 0 Å². The normalized spacial score (nSPS) is 6.48. The number of benzene rings is 1. The molecule has 0 aliphatic carbocycles. The van der Waals surface area contributed by atoms with Gasteiger partial charge in [0, 0.05) is 9.52 Å². The summed E-state index contributed by atoms with van der Waals surface area (Å²) in [6, 6.07) is 14.7. The maximum absolute atomic E-state index is 8.97. The van der Waals surface area contributed by atoms with E-state index in [2.05, 4.69) is 70.1 Å². The third kappa shape index (κ3) is 22.7. The fourth-order valence-corrected chi connectivity index (χ4v) is 1.07. The molecule has 2 nitrogen and oxygen atoms in total. The molecule has 0 aliphatic heterocycles. The summed E-state index contributed by atoms with van der Waals surface area (Å²) >= 11 is -0.944. The van der Waals surface area contributed by atoms with Crippen molar-refractivity contribution >= 4 is 52.7 Å². The molecule has 0 spiro atoms. The molecule has 4 radical (unpaired) electrons. The van der Waals surface area contributed by atoms with E-state index >= 15 is 0 Å². The summed E-state index contributed by atoms with van der Waals surface area (Å²) in [5.74, 6) is 0. The van der Waals surface area contributed by atoms with E-state index in [-0.39, 0.29) is 38.8 Å². The standard InChI is InChI=1S/C9H7.C2H5O.C2H6Si.CH3.2ClH.O.Si.Ti/c1-2-5-9-7-3-6-8(9)4-1;1-2-3;1-3-2;;;;;;/h1-7H;3H,1-2H2;1-2H3;1H3;2*1H;;;/q2*-1;;-1;;;;;. The molecule has 2 rings (SSSR count). The minimum atomic E-state index is -0.944. The van der Waals surface area contributed by atoms with Gasteiger partial charge in [-0.05, 0) is 0 Å². The number of hydrogen-bond donors (Lipinski definition) is 1. The number of aliphatic hydroxyl groups is 1. The van der Waals surface area contributed by atoms with Gasteiger partial charge in [-0.1, -0.05) is 25.8 Å². The molecule has 0 atom stereocenters. The van der Waals surface area contributed by atoms with E-state index in [1.54, 1.807) is 0 Å². The molecule has 0 aromatic heterocycles. The summed E-state index contributed by atoms with van der Waals surface area (Å²) in [5.41, 5.74) is 0. The van der Waals surface area contributed by atoms with Crippen molar-refractivity contribution < 1.29 is 26.3 Å². The first kappa shape index (κ1) is 33.1. The first-order valence-electron chi connectivity index (χ1n) is 5.34. The summed E-state index contributed by atoms with van der Waals surface area (Å²) in [5, 5.41) is 10.1. The Hall–Kier alpha value is 0.318. The van der Waals surface area contributed by atoms with Gasteiger partial charge in [0.05, 0.1) is 0 Å². The van der Waals surface area contributed by atoms with E-state index in [1.807, 2.05) is 0 Å². The molecule has 0 saturated carbocycles. The Morgan fingerprint density at radius 2 is 1.67 bits per heavy atom. The van der Waals surface area contributed by atoms with Crippen LogP contribution in [0.25, 0.3) is 10.8 Å². The largest absolute Gasteiger partial charge is 0.168 e. The summed E-state index contributed by atoms with van der Waals surface area (Å²) in [6.07, 6.45) is 0. The van der Waals surface area contributed by atoms with Crippen LogP contribution < -0.4 is 0 Å². The van der Waals surface area contributed by atoms with Crippen LogP contribution in [0.3, 0.4) is 0 Å². The fraction of sp³-hybridized carbons (Fsp3) is 0.214. The number of aliphatic hydroxyl groups excluding tert-OH is 1. The summed E-state index contributed by atoms with van der Waals surface area (Å²) < 4.78 is 8.97. The Balaban J connectivity index is -0.0000000622. The molecular formula is C14H23Cl2O2Si2Ti-3. The van der Waals surface area contributed by atoms with E-state index in [0.29, 0.717) is 0 Å². The van der Waals surface area contributed by atoms with Gasteiger partial charge in [-0.3, -0.25) is 0 Å². The van der Waals surface area contributed by atoms with Crippen molar-refractivity contribution in [2.24, 2.45) is 0 Å². The van der Waals surface area contributed by atoms with Crippen molar-refractivity contribution in [2.75, 3.05) is 6.61 Å². The summed E-state index contributed by atoms with van der Waals surface area (Å²) in [6.45, 7) is 7.35. The van der Waals surface area contributed by atoms with Gasteiger partial charge in [-0.15, -0.1) is 54.5 Å². The first-order valence-corrected chi connectivity index (χ1v) is 10.8. The molecule has 0 saturated heterocycles. The van der Waals surface area contributed by atoms with E-state index in [9.17, 15) is 0 Å². The Morgan fingerprint density at radius 1 is 1.29 bits per heavy atom. The molecule has 0 aliphatic rings. The SMILES string of the molecule is C[Si]C.Cl.Cl.[CH2-]CO.[CH3-].[O]=[Ti]=[Si].c1ccc2[cH-]ccc2c1. The molecule has 21 heavy (non-hydrogen) atoms. The molecule has 2 aromatic carbocycles. The Bertz CT molecular complexity index is 401. The topological polar surface area (TPSA) is 37.3 Å². The molecule has 2 aromatic rings. The van der Waals surface area contributed by atoms with Crippen LogP contribution in [0.15, 0.2) is 42.5 Å². The number of rotatable bonds is 0. The van der Waals surface area contributed by atoms with Gasteiger partial charge in [0.2, 0.25) is 0 Å². The molecule has 1 N–H and O–H groups in total. The van der Waals surface area contributed by atoms with E-state index in [4.69, 9.17) is 8.43 Å². The monoisotopic (exact) mass is 397 g/mol. The van der Waals surface area contributed by atoms with Crippen LogP contribution >= 0.6 is 24.8 Å². The third-order valence-corrected chi connectivity index (χ3v) is 1.55. The van der Waals surface area contributed by atoms with Crippen LogP contribution in [0.2, 0.25) is 13.1 Å². The Morgan fingerprint density at radius 3 is 2.05 bits per heavy atom. The second-order valence-electron chi connectivity index (χ2n) is 2.98. The van der Waals surface area contributed by atoms with Gasteiger partial charge < -0.3 is 19.5 Å². The molecule has 0 fully saturated rings. The predicted octanol–water partition coefficient (Wildman–Crippen LogP) is 3.95. The Kier molecular flexibility index (Phi) is 44.8. The predicted molar refractivity (Wildman–Crippen MR) is 96.8 cm³/mol. The smallest absolute Gasteiger partial charge is 0.0809 e. The number of halogens is 2. The van der Waals surface area contributed by atoms with Crippen LogP contribution in [-0.4, -0.2) is 28.9 Å². The zero-order chi connectivity index (χ0) is 14.2. The van der Waals surface area contributed by atoms with Crippen LogP contribution in [0, 0.1) is 14.4 Å². The molecule has 0 amide bonds. The number of fused-ring (bicyclic) bond motifs is 1. The van der Waals surface area contributed by atoms with E-state index < -0.39 is 17.9 Å². The minimum absolute atomic E-state index is 0. The average molecular weight is 398 g/mol. The average Bonchev–Trinajstić information content (AvgIpc) is 2.80. The quantitative estimate of drug-likeness (QED) is 0.539. The van der Waals surface area contributed by atoms with Crippen LogP contribution in [0.4, 0.5) is 0 Å². The van der Waals surface area contributed by atoms with Crippen molar-refractivity contribution in [2.45, 2.75) is 13.1 Å². The second kappa shape index (κ2) is 28.5. The molecular weight excluding hydrogens is 375 g/mol. The van der Waals surface area contributed by atoms with E-state index in [1.165, 1.54) is 10.8 Å². The maximum atomic E-state index is 8.97. The van der Waals surface area contributed by atoms with Crippen LogP contribution in [0.5, 0.6) is 0 Å². The van der Waals surface area contributed by atoms with E-state index in [0.717, 1.165) is 9.52 Å². The molecule has 120 valence electrons. The van der Waals surface area contributed by atoms with Gasteiger partial charge in [0.1, 0.15) is 0 Å². The van der Waals surface area contributed by atoms with Crippen LogP contribution in [-0.2, 0) is 21.2 Å². The molecule has 0 unspecified atom stereocenters. The number of hydrogen-bond acceptors (Lipinski definition) is 2. The van der Waals surface area contributed by atoms with Crippen LogP contribution in [0.1, 0.15) is 0 Å². The van der Waals surface area contributed by atoms with Crippen molar-refractivity contribution in [1.29, 1.82) is 0 Å². The zero-order valence-corrected chi connectivity index (χ0v) is 17.8. The summed E-state index contributed by atoms with van der Waals surface area (Å²) in [4.78, 5) is 0. The van der Waals surface area contributed by atoms with Crippen molar-refractivity contribution in [3.63, 3.8) is 0 Å². The third-order valence-electron chi connectivity index (χ3n) is 1.55.